The third-order valence-corrected chi connectivity index (χ3v) is 5.63. The maximum absolute atomic E-state index is 12.3. The maximum atomic E-state index is 12.3. The van der Waals surface area contributed by atoms with E-state index in [4.69, 9.17) is 0 Å². The van der Waals surface area contributed by atoms with Gasteiger partial charge in [0.15, 0.2) is 0 Å². The first-order chi connectivity index (χ1) is 9.40. The zero-order valence-electron chi connectivity index (χ0n) is 12.1. The van der Waals surface area contributed by atoms with Crippen molar-refractivity contribution in [2.24, 2.45) is 5.92 Å². The Bertz CT molecular complexity index is 562. The lowest BCUT2D eigenvalue weighted by molar-refractivity contribution is 0.115. The molecule has 1 aromatic carbocycles. The van der Waals surface area contributed by atoms with E-state index in [0.29, 0.717) is 4.90 Å². The van der Waals surface area contributed by atoms with Gasteiger partial charge < -0.3 is 5.11 Å². The molecule has 5 heteroatoms. The number of aliphatic hydroxyl groups is 1. The molecule has 0 amide bonds. The van der Waals surface area contributed by atoms with Crippen LogP contribution in [-0.4, -0.2) is 26.2 Å². The largest absolute Gasteiger partial charge is 0.391 e. The summed E-state index contributed by atoms with van der Waals surface area (Å²) in [4.78, 5) is 0.293. The highest BCUT2D eigenvalue weighted by atomic mass is 32.2. The Morgan fingerprint density at radius 3 is 2.55 bits per heavy atom. The summed E-state index contributed by atoms with van der Waals surface area (Å²) in [5.41, 5.74) is 1.76. The van der Waals surface area contributed by atoms with E-state index in [9.17, 15) is 13.5 Å². The Labute approximate surface area is 121 Å². The number of rotatable bonds is 5. The molecule has 0 bridgehead atoms. The molecule has 112 valence electrons. The highest BCUT2D eigenvalue weighted by Gasteiger charge is 2.25. The predicted molar refractivity (Wildman–Crippen MR) is 79.1 cm³/mol. The molecule has 2 rings (SSSR count). The highest BCUT2D eigenvalue weighted by molar-refractivity contribution is 7.89. The molecule has 1 aliphatic rings. The molecule has 0 aromatic heterocycles. The minimum absolute atomic E-state index is 0.0975. The summed E-state index contributed by atoms with van der Waals surface area (Å²) in [6.07, 6.45) is 3.66. The molecule has 2 N–H and O–H groups in total. The quantitative estimate of drug-likeness (QED) is 0.875. The van der Waals surface area contributed by atoms with Crippen LogP contribution in [0.4, 0.5) is 0 Å². The van der Waals surface area contributed by atoms with Gasteiger partial charge in [0, 0.05) is 6.54 Å². The smallest absolute Gasteiger partial charge is 0.240 e. The lowest BCUT2D eigenvalue weighted by Gasteiger charge is -2.18. The zero-order valence-corrected chi connectivity index (χ0v) is 12.9. The molecule has 1 aromatic rings. The zero-order chi connectivity index (χ0) is 14.8. The minimum atomic E-state index is -3.54. The first kappa shape index (κ1) is 15.5. The second-order valence-electron chi connectivity index (χ2n) is 5.73. The number of sulfonamides is 1. The lowest BCUT2D eigenvalue weighted by atomic mass is 10.0. The van der Waals surface area contributed by atoms with Gasteiger partial charge in [-0.2, -0.15) is 0 Å². The topological polar surface area (TPSA) is 66.4 Å². The molecule has 1 unspecified atom stereocenters. The number of nitrogens with one attached hydrogen (secondary N) is 1. The fraction of sp³-hybridized carbons (Fsp3) is 0.600. The molecular formula is C15H23NO3S. The number of hydrogen-bond acceptors (Lipinski definition) is 3. The number of hydrogen-bond donors (Lipinski definition) is 2. The van der Waals surface area contributed by atoms with E-state index in [1.165, 1.54) is 0 Å². The molecule has 0 saturated heterocycles. The second-order valence-corrected chi connectivity index (χ2v) is 7.47. The average molecular weight is 297 g/mol. The van der Waals surface area contributed by atoms with Gasteiger partial charge in [0.2, 0.25) is 10.0 Å². The lowest BCUT2D eigenvalue weighted by Crippen LogP contribution is -2.35. The van der Waals surface area contributed by atoms with Crippen molar-refractivity contribution in [2.45, 2.75) is 50.5 Å². The van der Waals surface area contributed by atoms with Crippen LogP contribution in [0.1, 0.15) is 36.8 Å². The summed E-state index contributed by atoms with van der Waals surface area (Å²) < 4.78 is 27.1. The van der Waals surface area contributed by atoms with Crippen LogP contribution in [0.25, 0.3) is 0 Å². The van der Waals surface area contributed by atoms with Crippen LogP contribution in [0, 0.1) is 19.8 Å². The molecule has 1 aliphatic carbocycles. The van der Waals surface area contributed by atoms with Crippen LogP contribution in [0.3, 0.4) is 0 Å². The van der Waals surface area contributed by atoms with E-state index in [1.54, 1.807) is 19.1 Å². The molecule has 1 fully saturated rings. The van der Waals surface area contributed by atoms with E-state index in [0.717, 1.165) is 36.8 Å². The van der Waals surface area contributed by atoms with E-state index < -0.39 is 16.1 Å². The predicted octanol–water partition coefficient (Wildman–Crippen LogP) is 2.13. The van der Waals surface area contributed by atoms with Gasteiger partial charge in [0.05, 0.1) is 11.0 Å². The summed E-state index contributed by atoms with van der Waals surface area (Å²) in [5.74, 6) is 0.233. The van der Waals surface area contributed by atoms with Crippen LogP contribution in [-0.2, 0) is 10.0 Å². The van der Waals surface area contributed by atoms with Crippen LogP contribution >= 0.6 is 0 Å². The Balaban J connectivity index is 2.03. The standard InChI is InChI=1S/C15H23NO3S/c1-11-7-8-15(12(2)9-11)20(18,19)16-10-14(17)13-5-3-4-6-13/h7-9,13-14,16-17H,3-6,10H2,1-2H3. The van der Waals surface area contributed by atoms with Crippen molar-refractivity contribution >= 4 is 10.0 Å². The van der Waals surface area contributed by atoms with Gasteiger partial charge in [-0.25, -0.2) is 13.1 Å². The van der Waals surface area contributed by atoms with Crippen molar-refractivity contribution in [1.82, 2.24) is 4.72 Å². The summed E-state index contributed by atoms with van der Waals surface area (Å²) in [6, 6.07) is 5.26. The van der Waals surface area contributed by atoms with Crippen molar-refractivity contribution in [3.63, 3.8) is 0 Å². The molecule has 0 radical (unpaired) electrons. The monoisotopic (exact) mass is 297 g/mol. The van der Waals surface area contributed by atoms with Crippen molar-refractivity contribution in [3.05, 3.63) is 29.3 Å². The molecule has 0 spiro atoms. The molecular weight excluding hydrogens is 274 g/mol. The van der Waals surface area contributed by atoms with E-state index in [-0.39, 0.29) is 12.5 Å². The molecule has 1 atom stereocenters. The highest BCUT2D eigenvalue weighted by Crippen LogP contribution is 2.27. The third kappa shape index (κ3) is 3.59. The van der Waals surface area contributed by atoms with E-state index in [1.807, 2.05) is 13.0 Å². The summed E-state index contributed by atoms with van der Waals surface area (Å²) in [7, 11) is -3.54. The van der Waals surface area contributed by atoms with Crippen molar-refractivity contribution in [3.8, 4) is 0 Å². The van der Waals surface area contributed by atoms with Gasteiger partial charge in [-0.1, -0.05) is 30.5 Å². The molecule has 20 heavy (non-hydrogen) atoms. The fourth-order valence-corrected chi connectivity index (χ4v) is 4.16. The first-order valence-electron chi connectivity index (χ1n) is 7.15. The molecule has 0 heterocycles. The van der Waals surface area contributed by atoms with Gasteiger partial charge in [-0.3, -0.25) is 0 Å². The Hall–Kier alpha value is -0.910. The number of benzene rings is 1. The Morgan fingerprint density at radius 2 is 1.95 bits per heavy atom. The summed E-state index contributed by atoms with van der Waals surface area (Å²) in [5, 5.41) is 10.0. The fourth-order valence-electron chi connectivity index (χ4n) is 2.88. The summed E-state index contributed by atoms with van der Waals surface area (Å²) in [6.45, 7) is 3.82. The van der Waals surface area contributed by atoms with Gasteiger partial charge in [-0.15, -0.1) is 0 Å². The van der Waals surface area contributed by atoms with Crippen molar-refractivity contribution < 1.29 is 13.5 Å². The van der Waals surface area contributed by atoms with E-state index in [2.05, 4.69) is 4.72 Å². The molecule has 1 saturated carbocycles. The minimum Gasteiger partial charge on any atom is -0.391 e. The average Bonchev–Trinajstić information content (AvgIpc) is 2.89. The van der Waals surface area contributed by atoms with Crippen LogP contribution in [0.5, 0.6) is 0 Å². The number of aliphatic hydroxyl groups excluding tert-OH is 1. The van der Waals surface area contributed by atoms with E-state index >= 15 is 0 Å². The first-order valence-corrected chi connectivity index (χ1v) is 8.63. The summed E-state index contributed by atoms with van der Waals surface area (Å²) >= 11 is 0. The number of aryl methyl sites for hydroxylation is 2. The Morgan fingerprint density at radius 1 is 1.30 bits per heavy atom. The van der Waals surface area contributed by atoms with Crippen molar-refractivity contribution in [2.75, 3.05) is 6.54 Å². The van der Waals surface area contributed by atoms with Gasteiger partial charge in [0.1, 0.15) is 0 Å². The van der Waals surface area contributed by atoms with Crippen LogP contribution in [0.15, 0.2) is 23.1 Å². The normalized spacial score (nSPS) is 18.4. The maximum Gasteiger partial charge on any atom is 0.240 e. The Kier molecular flexibility index (Phi) is 4.83. The van der Waals surface area contributed by atoms with Gasteiger partial charge in [-0.05, 0) is 44.2 Å². The van der Waals surface area contributed by atoms with Crippen LogP contribution < -0.4 is 4.72 Å². The van der Waals surface area contributed by atoms with Gasteiger partial charge in [0.25, 0.3) is 0 Å². The van der Waals surface area contributed by atoms with Crippen molar-refractivity contribution in [1.29, 1.82) is 0 Å². The van der Waals surface area contributed by atoms with Crippen LogP contribution in [0.2, 0.25) is 0 Å². The SMILES string of the molecule is Cc1ccc(S(=O)(=O)NCC(O)C2CCCC2)c(C)c1. The molecule has 4 nitrogen and oxygen atoms in total. The molecule has 0 aliphatic heterocycles. The third-order valence-electron chi connectivity index (χ3n) is 4.05. The van der Waals surface area contributed by atoms with Gasteiger partial charge >= 0.3 is 0 Å². The second kappa shape index (κ2) is 6.24.